The van der Waals surface area contributed by atoms with Gasteiger partial charge in [0, 0.05) is 18.3 Å². The molecule has 1 aromatic carbocycles. The number of nitrogens with zero attached hydrogens (tertiary/aromatic N) is 1. The summed E-state index contributed by atoms with van der Waals surface area (Å²) in [5, 5.41) is 0. The van der Waals surface area contributed by atoms with Gasteiger partial charge in [-0.15, -0.1) is 0 Å². The molecule has 1 amide bonds. The van der Waals surface area contributed by atoms with Crippen LogP contribution >= 0.6 is 0 Å². The molecule has 1 heterocycles. The molecule has 1 aliphatic heterocycles. The van der Waals surface area contributed by atoms with Crippen LogP contribution in [0.3, 0.4) is 0 Å². The van der Waals surface area contributed by atoms with Crippen molar-refractivity contribution in [3.05, 3.63) is 29.8 Å². The number of hydrazine groups is 1. The molecule has 1 atom stereocenters. The summed E-state index contributed by atoms with van der Waals surface area (Å²) in [5.74, 6) is 5.15. The first kappa shape index (κ1) is 13.9. The van der Waals surface area contributed by atoms with Gasteiger partial charge in [-0.05, 0) is 45.2 Å². The quantitative estimate of drug-likeness (QED) is 0.496. The molecule has 3 N–H and O–H groups in total. The van der Waals surface area contributed by atoms with Gasteiger partial charge in [0.1, 0.15) is 0 Å². The molecule has 0 saturated heterocycles. The highest BCUT2D eigenvalue weighted by molar-refractivity contribution is 5.82. The van der Waals surface area contributed by atoms with Crippen molar-refractivity contribution in [2.24, 2.45) is 11.3 Å². The SMILES string of the molecule is CC1CCc2ccccc2N1CC(C)(C)C(=O)NN. The van der Waals surface area contributed by atoms with E-state index in [1.165, 1.54) is 11.3 Å². The highest BCUT2D eigenvalue weighted by Crippen LogP contribution is 2.33. The standard InChI is InChI=1S/C15H23N3O/c1-11-8-9-12-6-4-5-7-13(12)18(11)10-15(2,3)14(19)17-16/h4-7,11H,8-10,16H2,1-3H3,(H,17,19). The van der Waals surface area contributed by atoms with Crippen LogP contribution in [0.2, 0.25) is 0 Å². The Morgan fingerprint density at radius 2 is 2.16 bits per heavy atom. The van der Waals surface area contributed by atoms with Gasteiger partial charge in [-0.1, -0.05) is 18.2 Å². The van der Waals surface area contributed by atoms with Crippen molar-refractivity contribution in [1.82, 2.24) is 5.43 Å². The van der Waals surface area contributed by atoms with E-state index in [0.717, 1.165) is 12.8 Å². The normalized spacial score (nSPS) is 18.9. The minimum Gasteiger partial charge on any atom is -0.368 e. The van der Waals surface area contributed by atoms with Crippen molar-refractivity contribution >= 4 is 11.6 Å². The van der Waals surface area contributed by atoms with Gasteiger partial charge in [-0.3, -0.25) is 10.2 Å². The van der Waals surface area contributed by atoms with Gasteiger partial charge in [0.25, 0.3) is 0 Å². The first-order chi connectivity index (χ1) is 8.95. The molecule has 1 aliphatic rings. The number of amides is 1. The van der Waals surface area contributed by atoms with E-state index in [4.69, 9.17) is 5.84 Å². The number of nitrogens with two attached hydrogens (primary N) is 1. The predicted molar refractivity (Wildman–Crippen MR) is 77.7 cm³/mol. The summed E-state index contributed by atoms with van der Waals surface area (Å²) in [6.45, 7) is 6.75. The van der Waals surface area contributed by atoms with Crippen molar-refractivity contribution in [2.75, 3.05) is 11.4 Å². The summed E-state index contributed by atoms with van der Waals surface area (Å²) in [4.78, 5) is 14.2. The Morgan fingerprint density at radius 3 is 2.84 bits per heavy atom. The van der Waals surface area contributed by atoms with Crippen LogP contribution in [0.15, 0.2) is 24.3 Å². The Kier molecular flexibility index (Phi) is 3.80. The van der Waals surface area contributed by atoms with Crippen LogP contribution in [0.25, 0.3) is 0 Å². The predicted octanol–water partition coefficient (Wildman–Crippen LogP) is 1.84. The molecule has 19 heavy (non-hydrogen) atoms. The molecule has 1 unspecified atom stereocenters. The summed E-state index contributed by atoms with van der Waals surface area (Å²) in [5.41, 5.74) is 4.38. The minimum absolute atomic E-state index is 0.122. The Labute approximate surface area is 114 Å². The number of anilines is 1. The van der Waals surface area contributed by atoms with Crippen molar-refractivity contribution in [2.45, 2.75) is 39.7 Å². The van der Waals surface area contributed by atoms with E-state index in [-0.39, 0.29) is 5.91 Å². The zero-order valence-corrected chi connectivity index (χ0v) is 11.9. The number of hydrogen-bond donors (Lipinski definition) is 2. The summed E-state index contributed by atoms with van der Waals surface area (Å²) < 4.78 is 0. The van der Waals surface area contributed by atoms with Gasteiger partial charge < -0.3 is 4.90 Å². The van der Waals surface area contributed by atoms with E-state index in [1.54, 1.807) is 0 Å². The maximum Gasteiger partial charge on any atom is 0.241 e. The zero-order valence-electron chi connectivity index (χ0n) is 11.9. The summed E-state index contributed by atoms with van der Waals surface area (Å²) in [7, 11) is 0. The molecule has 104 valence electrons. The molecular weight excluding hydrogens is 238 g/mol. The molecule has 0 aromatic heterocycles. The molecule has 0 spiro atoms. The molecule has 0 saturated carbocycles. The average Bonchev–Trinajstić information content (AvgIpc) is 2.41. The van der Waals surface area contributed by atoms with E-state index in [1.807, 2.05) is 13.8 Å². The first-order valence-corrected chi connectivity index (χ1v) is 6.81. The molecule has 1 aromatic rings. The molecule has 4 heteroatoms. The Bertz CT molecular complexity index is 470. The van der Waals surface area contributed by atoms with Crippen LogP contribution in [0.1, 0.15) is 32.8 Å². The summed E-state index contributed by atoms with van der Waals surface area (Å²) in [6.07, 6.45) is 2.23. The summed E-state index contributed by atoms with van der Waals surface area (Å²) >= 11 is 0. The highest BCUT2D eigenvalue weighted by Gasteiger charge is 2.33. The maximum atomic E-state index is 11.9. The number of carbonyl (C=O) groups excluding carboxylic acids is 1. The van der Waals surface area contributed by atoms with Crippen LogP contribution in [0.5, 0.6) is 0 Å². The third kappa shape index (κ3) is 2.73. The molecule has 0 aliphatic carbocycles. The Balaban J connectivity index is 2.27. The number of carbonyl (C=O) groups is 1. The lowest BCUT2D eigenvalue weighted by molar-refractivity contribution is -0.129. The number of benzene rings is 1. The Morgan fingerprint density at radius 1 is 1.47 bits per heavy atom. The van der Waals surface area contributed by atoms with Gasteiger partial charge in [0.2, 0.25) is 5.91 Å². The number of para-hydroxylation sites is 1. The molecule has 4 nitrogen and oxygen atoms in total. The van der Waals surface area contributed by atoms with Crippen molar-refractivity contribution < 1.29 is 4.79 Å². The van der Waals surface area contributed by atoms with Crippen LogP contribution in [-0.2, 0) is 11.2 Å². The van der Waals surface area contributed by atoms with Gasteiger partial charge in [0.15, 0.2) is 0 Å². The first-order valence-electron chi connectivity index (χ1n) is 6.81. The molecule has 0 radical (unpaired) electrons. The molecule has 2 rings (SSSR count). The number of fused-ring (bicyclic) bond motifs is 1. The topological polar surface area (TPSA) is 58.4 Å². The van der Waals surface area contributed by atoms with Gasteiger partial charge in [0.05, 0.1) is 5.41 Å². The van der Waals surface area contributed by atoms with E-state index in [9.17, 15) is 4.79 Å². The molecule has 0 bridgehead atoms. The van der Waals surface area contributed by atoms with Crippen LogP contribution in [0.4, 0.5) is 5.69 Å². The highest BCUT2D eigenvalue weighted by atomic mass is 16.2. The Hall–Kier alpha value is -1.55. The summed E-state index contributed by atoms with van der Waals surface area (Å²) in [6, 6.07) is 8.88. The zero-order chi connectivity index (χ0) is 14.0. The van der Waals surface area contributed by atoms with Gasteiger partial charge >= 0.3 is 0 Å². The second-order valence-electron chi connectivity index (χ2n) is 6.00. The largest absolute Gasteiger partial charge is 0.368 e. The number of rotatable bonds is 3. The van der Waals surface area contributed by atoms with Crippen molar-refractivity contribution in [1.29, 1.82) is 0 Å². The number of hydrogen-bond acceptors (Lipinski definition) is 3. The monoisotopic (exact) mass is 261 g/mol. The average molecular weight is 261 g/mol. The van der Waals surface area contributed by atoms with E-state index in [0.29, 0.717) is 12.6 Å². The smallest absolute Gasteiger partial charge is 0.241 e. The minimum atomic E-state index is -0.506. The number of nitrogens with one attached hydrogen (secondary N) is 1. The third-order valence-electron chi connectivity index (χ3n) is 3.98. The van der Waals surface area contributed by atoms with Crippen molar-refractivity contribution in [3.8, 4) is 0 Å². The second-order valence-corrected chi connectivity index (χ2v) is 6.00. The lowest BCUT2D eigenvalue weighted by Gasteiger charge is -2.41. The lowest BCUT2D eigenvalue weighted by atomic mass is 9.88. The molecule has 0 fully saturated rings. The fourth-order valence-electron chi connectivity index (χ4n) is 2.69. The maximum absolute atomic E-state index is 11.9. The van der Waals surface area contributed by atoms with Crippen LogP contribution in [0, 0.1) is 5.41 Å². The van der Waals surface area contributed by atoms with Crippen LogP contribution < -0.4 is 16.2 Å². The van der Waals surface area contributed by atoms with E-state index < -0.39 is 5.41 Å². The fraction of sp³-hybridized carbons (Fsp3) is 0.533. The van der Waals surface area contributed by atoms with Gasteiger partial charge in [-0.25, -0.2) is 5.84 Å². The third-order valence-corrected chi connectivity index (χ3v) is 3.98. The molecular formula is C15H23N3O. The van der Waals surface area contributed by atoms with Crippen LogP contribution in [-0.4, -0.2) is 18.5 Å². The second kappa shape index (κ2) is 5.21. The lowest BCUT2D eigenvalue weighted by Crippen LogP contribution is -2.50. The number of aryl methyl sites for hydroxylation is 1. The fourth-order valence-corrected chi connectivity index (χ4v) is 2.69. The van der Waals surface area contributed by atoms with E-state index >= 15 is 0 Å². The van der Waals surface area contributed by atoms with Gasteiger partial charge in [-0.2, -0.15) is 0 Å². The van der Waals surface area contributed by atoms with E-state index in [2.05, 4.69) is 41.5 Å². The van der Waals surface area contributed by atoms with Crippen molar-refractivity contribution in [3.63, 3.8) is 0 Å².